The Balaban J connectivity index is 2.10. The first-order chi connectivity index (χ1) is 9.78. The Hall–Kier alpha value is -0.860. The Morgan fingerprint density at radius 3 is 2.29 bits per heavy atom. The van der Waals surface area contributed by atoms with Crippen molar-refractivity contribution >= 4 is 0 Å². The van der Waals surface area contributed by atoms with E-state index in [4.69, 9.17) is 0 Å². The predicted molar refractivity (Wildman–Crippen MR) is 91.6 cm³/mol. The van der Waals surface area contributed by atoms with E-state index in [1.165, 1.54) is 11.1 Å². The van der Waals surface area contributed by atoms with Gasteiger partial charge in [0.05, 0.1) is 0 Å². The minimum absolute atomic E-state index is 0.212. The van der Waals surface area contributed by atoms with E-state index in [9.17, 15) is 0 Å². The lowest BCUT2D eigenvalue weighted by Gasteiger charge is -2.46. The smallest absolute Gasteiger partial charge is 0.0253 e. The molecule has 0 aliphatic carbocycles. The third-order valence-corrected chi connectivity index (χ3v) is 4.66. The van der Waals surface area contributed by atoms with E-state index in [2.05, 4.69) is 76.0 Å². The highest BCUT2D eigenvalue weighted by Gasteiger charge is 2.33. The monoisotopic (exact) mass is 288 g/mol. The summed E-state index contributed by atoms with van der Waals surface area (Å²) < 4.78 is 0. The fraction of sp³-hybridized carbons (Fsp3) is 0.684. The summed E-state index contributed by atoms with van der Waals surface area (Å²) in [6.07, 6.45) is 0. The third-order valence-electron chi connectivity index (χ3n) is 4.66. The normalized spacial score (nSPS) is 23.0. The standard InChI is InChI=1S/C19H32N2/c1-14(2)17-9-7-16(8-10-17)12-21-13-19(5,6)20-11-18(21)15(3)4/h7-10,14-15,18,20H,11-13H2,1-6H3. The molecule has 1 N–H and O–H groups in total. The van der Waals surface area contributed by atoms with E-state index in [0.717, 1.165) is 19.6 Å². The molecule has 1 heterocycles. The fourth-order valence-corrected chi connectivity index (χ4v) is 3.26. The molecule has 0 saturated carbocycles. The van der Waals surface area contributed by atoms with Gasteiger partial charge in [-0.3, -0.25) is 4.90 Å². The van der Waals surface area contributed by atoms with Crippen molar-refractivity contribution < 1.29 is 0 Å². The van der Waals surface area contributed by atoms with Crippen LogP contribution in [0.1, 0.15) is 58.6 Å². The number of nitrogens with zero attached hydrogens (tertiary/aromatic N) is 1. The van der Waals surface area contributed by atoms with Crippen molar-refractivity contribution in [2.45, 2.75) is 65.6 Å². The maximum absolute atomic E-state index is 3.69. The van der Waals surface area contributed by atoms with Gasteiger partial charge >= 0.3 is 0 Å². The summed E-state index contributed by atoms with van der Waals surface area (Å²) in [5.74, 6) is 1.30. The number of hydrogen-bond acceptors (Lipinski definition) is 2. The minimum atomic E-state index is 0.212. The second-order valence-corrected chi connectivity index (χ2v) is 7.88. The highest BCUT2D eigenvalue weighted by Crippen LogP contribution is 2.23. The number of nitrogens with one attached hydrogen (secondary N) is 1. The summed E-state index contributed by atoms with van der Waals surface area (Å²) >= 11 is 0. The van der Waals surface area contributed by atoms with E-state index in [-0.39, 0.29) is 5.54 Å². The Bertz CT molecular complexity index is 445. The summed E-state index contributed by atoms with van der Waals surface area (Å²) in [5, 5.41) is 3.69. The van der Waals surface area contributed by atoms with Gasteiger partial charge in [0.2, 0.25) is 0 Å². The van der Waals surface area contributed by atoms with Gasteiger partial charge in [0.1, 0.15) is 0 Å². The molecule has 1 aromatic rings. The first-order valence-electron chi connectivity index (χ1n) is 8.36. The topological polar surface area (TPSA) is 15.3 Å². The van der Waals surface area contributed by atoms with E-state index in [1.54, 1.807) is 0 Å². The summed E-state index contributed by atoms with van der Waals surface area (Å²) in [6.45, 7) is 17.0. The molecule has 0 bridgehead atoms. The molecule has 1 atom stereocenters. The van der Waals surface area contributed by atoms with Crippen LogP contribution < -0.4 is 5.32 Å². The highest BCUT2D eigenvalue weighted by molar-refractivity contribution is 5.24. The molecule has 1 aliphatic heterocycles. The summed E-state index contributed by atoms with van der Waals surface area (Å²) in [7, 11) is 0. The van der Waals surface area contributed by atoms with Gasteiger partial charge in [0.15, 0.2) is 0 Å². The van der Waals surface area contributed by atoms with Gasteiger partial charge in [-0.05, 0) is 36.8 Å². The molecule has 2 rings (SSSR count). The minimum Gasteiger partial charge on any atom is -0.309 e. The van der Waals surface area contributed by atoms with Gasteiger partial charge in [-0.15, -0.1) is 0 Å². The van der Waals surface area contributed by atoms with Gasteiger partial charge < -0.3 is 5.32 Å². The Morgan fingerprint density at radius 1 is 1.14 bits per heavy atom. The summed E-state index contributed by atoms with van der Waals surface area (Å²) in [4.78, 5) is 2.66. The van der Waals surface area contributed by atoms with Gasteiger partial charge in [-0.1, -0.05) is 52.0 Å². The molecule has 0 radical (unpaired) electrons. The van der Waals surface area contributed by atoms with Crippen molar-refractivity contribution in [3.05, 3.63) is 35.4 Å². The van der Waals surface area contributed by atoms with Crippen LogP contribution in [0.3, 0.4) is 0 Å². The van der Waals surface area contributed by atoms with Gasteiger partial charge in [-0.25, -0.2) is 0 Å². The van der Waals surface area contributed by atoms with Gasteiger partial charge in [0, 0.05) is 31.2 Å². The second kappa shape index (κ2) is 6.50. The van der Waals surface area contributed by atoms with Gasteiger partial charge in [0.25, 0.3) is 0 Å². The molecule has 2 heteroatoms. The van der Waals surface area contributed by atoms with Crippen molar-refractivity contribution in [3.63, 3.8) is 0 Å². The second-order valence-electron chi connectivity index (χ2n) is 7.88. The van der Waals surface area contributed by atoms with Crippen LogP contribution in [0.4, 0.5) is 0 Å². The number of benzene rings is 1. The van der Waals surface area contributed by atoms with Crippen LogP contribution in [0.15, 0.2) is 24.3 Å². The first kappa shape index (κ1) is 16.5. The van der Waals surface area contributed by atoms with Gasteiger partial charge in [-0.2, -0.15) is 0 Å². The first-order valence-corrected chi connectivity index (χ1v) is 8.36. The largest absolute Gasteiger partial charge is 0.309 e. The molecule has 0 amide bonds. The molecule has 1 saturated heterocycles. The van der Waals surface area contributed by atoms with Crippen LogP contribution in [0, 0.1) is 5.92 Å². The number of piperazine rings is 1. The molecule has 0 aromatic heterocycles. The molecule has 0 spiro atoms. The molecule has 1 aromatic carbocycles. The van der Waals surface area contributed by atoms with Crippen LogP contribution >= 0.6 is 0 Å². The van der Waals surface area contributed by atoms with E-state index < -0.39 is 0 Å². The zero-order valence-electron chi connectivity index (χ0n) is 14.6. The van der Waals surface area contributed by atoms with Crippen molar-refractivity contribution in [2.24, 2.45) is 5.92 Å². The maximum atomic E-state index is 3.69. The van der Waals surface area contributed by atoms with E-state index >= 15 is 0 Å². The Labute approximate surface area is 130 Å². The SMILES string of the molecule is CC(C)c1ccc(CN2CC(C)(C)NCC2C(C)C)cc1. The number of hydrogen-bond donors (Lipinski definition) is 1. The van der Waals surface area contributed by atoms with Crippen LogP contribution in [0.25, 0.3) is 0 Å². The molecular weight excluding hydrogens is 256 g/mol. The maximum Gasteiger partial charge on any atom is 0.0253 e. The van der Waals surface area contributed by atoms with Crippen molar-refractivity contribution in [3.8, 4) is 0 Å². The summed E-state index contributed by atoms with van der Waals surface area (Å²) in [5.41, 5.74) is 3.08. The molecule has 118 valence electrons. The quantitative estimate of drug-likeness (QED) is 0.900. The average Bonchev–Trinajstić information content (AvgIpc) is 2.38. The third kappa shape index (κ3) is 4.31. The zero-order chi connectivity index (χ0) is 15.6. The van der Waals surface area contributed by atoms with Crippen molar-refractivity contribution in [1.82, 2.24) is 10.2 Å². The molecule has 1 unspecified atom stereocenters. The van der Waals surface area contributed by atoms with Crippen molar-refractivity contribution in [2.75, 3.05) is 13.1 Å². The zero-order valence-corrected chi connectivity index (χ0v) is 14.6. The van der Waals surface area contributed by atoms with E-state index in [1.807, 2.05) is 0 Å². The lowest BCUT2D eigenvalue weighted by Crippen LogP contribution is -2.62. The molecule has 1 fully saturated rings. The fourth-order valence-electron chi connectivity index (χ4n) is 3.26. The highest BCUT2D eigenvalue weighted by atomic mass is 15.2. The van der Waals surface area contributed by atoms with Crippen LogP contribution in [-0.4, -0.2) is 29.6 Å². The Kier molecular flexibility index (Phi) is 5.11. The number of rotatable bonds is 4. The lowest BCUT2D eigenvalue weighted by molar-refractivity contribution is 0.0627. The molecule has 1 aliphatic rings. The van der Waals surface area contributed by atoms with E-state index in [0.29, 0.717) is 17.9 Å². The van der Waals surface area contributed by atoms with Crippen LogP contribution in [-0.2, 0) is 6.54 Å². The van der Waals surface area contributed by atoms with Crippen LogP contribution in [0.5, 0.6) is 0 Å². The molecule has 2 nitrogen and oxygen atoms in total. The predicted octanol–water partition coefficient (Wildman–Crippen LogP) is 4.02. The lowest BCUT2D eigenvalue weighted by atomic mass is 9.92. The average molecular weight is 288 g/mol. The van der Waals surface area contributed by atoms with Crippen molar-refractivity contribution in [1.29, 1.82) is 0 Å². The molecule has 21 heavy (non-hydrogen) atoms. The Morgan fingerprint density at radius 2 is 1.76 bits per heavy atom. The summed E-state index contributed by atoms with van der Waals surface area (Å²) in [6, 6.07) is 9.82. The molecular formula is C19H32N2. The van der Waals surface area contributed by atoms with Crippen LogP contribution in [0.2, 0.25) is 0 Å².